The van der Waals surface area contributed by atoms with Crippen LogP contribution >= 0.6 is 11.8 Å². The lowest BCUT2D eigenvalue weighted by Crippen LogP contribution is -2.27. The van der Waals surface area contributed by atoms with Gasteiger partial charge < -0.3 is 13.7 Å². The minimum atomic E-state index is -0.550. The maximum absolute atomic E-state index is 13.2. The molecule has 0 spiro atoms. The molecule has 2 aromatic carbocycles. The second-order valence-electron chi connectivity index (χ2n) is 7.88. The number of methoxy groups -OCH3 is 1. The Bertz CT molecular complexity index is 1490. The summed E-state index contributed by atoms with van der Waals surface area (Å²) in [6.45, 7) is 0.433. The van der Waals surface area contributed by atoms with Crippen LogP contribution < -0.4 is 0 Å². The first kappa shape index (κ1) is 22.7. The molecule has 0 radical (unpaired) electrons. The van der Waals surface area contributed by atoms with E-state index in [0.29, 0.717) is 22.8 Å². The van der Waals surface area contributed by atoms with Crippen LogP contribution in [0.5, 0.6) is 0 Å². The molecule has 1 aliphatic heterocycles. The average Bonchev–Trinajstić information content (AvgIpc) is 3.54. The number of ether oxygens (including phenoxy) is 1. The number of hydrogen-bond donors (Lipinski definition) is 0. The highest BCUT2D eigenvalue weighted by molar-refractivity contribution is 8.18. The highest BCUT2D eigenvalue weighted by atomic mass is 32.2. The van der Waals surface area contributed by atoms with E-state index in [-0.39, 0.29) is 23.4 Å². The number of para-hydroxylation sites is 1. The van der Waals surface area contributed by atoms with Gasteiger partial charge in [0, 0.05) is 22.7 Å². The highest BCUT2D eigenvalue weighted by Crippen LogP contribution is 2.35. The van der Waals surface area contributed by atoms with Gasteiger partial charge in [0.25, 0.3) is 11.1 Å². The number of amides is 2. The van der Waals surface area contributed by atoms with Crippen LogP contribution in [0.1, 0.15) is 27.4 Å². The molecule has 1 fully saturated rings. The maximum Gasteiger partial charge on any atom is 0.373 e. The number of benzene rings is 2. The summed E-state index contributed by atoms with van der Waals surface area (Å²) in [7, 11) is 1.29. The van der Waals surface area contributed by atoms with Crippen LogP contribution in [0.2, 0.25) is 0 Å². The van der Waals surface area contributed by atoms with Crippen LogP contribution in [0.3, 0.4) is 0 Å². The van der Waals surface area contributed by atoms with Gasteiger partial charge in [-0.05, 0) is 53.7 Å². The van der Waals surface area contributed by atoms with Crippen LogP contribution in [0.15, 0.2) is 76.2 Å². The fourth-order valence-electron chi connectivity index (χ4n) is 3.91. The lowest BCUT2D eigenvalue weighted by molar-refractivity contribution is -0.123. The Morgan fingerprint density at radius 2 is 1.83 bits per heavy atom. The number of esters is 1. The summed E-state index contributed by atoms with van der Waals surface area (Å²) in [5.41, 5.74) is 2.34. The topological polar surface area (TPSA) is 81.8 Å². The molecular formula is C26H19FN2O5S. The number of aromatic nitrogens is 1. The largest absolute Gasteiger partial charge is 0.463 e. The van der Waals surface area contributed by atoms with Crippen LogP contribution in [0, 0.1) is 5.82 Å². The molecule has 1 saturated heterocycles. The van der Waals surface area contributed by atoms with Crippen molar-refractivity contribution in [3.63, 3.8) is 0 Å². The van der Waals surface area contributed by atoms with Gasteiger partial charge in [-0.2, -0.15) is 0 Å². The molecule has 2 amide bonds. The summed E-state index contributed by atoms with van der Waals surface area (Å²) in [6.07, 6.45) is 3.58. The third-order valence-corrected chi connectivity index (χ3v) is 6.52. The fraction of sp³-hybridized carbons (Fsp3) is 0.115. The lowest BCUT2D eigenvalue weighted by atomic mass is 10.1. The van der Waals surface area contributed by atoms with E-state index in [1.165, 1.54) is 19.2 Å². The van der Waals surface area contributed by atoms with Gasteiger partial charge in [-0.3, -0.25) is 14.5 Å². The predicted octanol–water partition coefficient (Wildman–Crippen LogP) is 5.44. The van der Waals surface area contributed by atoms with Gasteiger partial charge in [-0.25, -0.2) is 9.18 Å². The molecule has 1 aliphatic rings. The lowest BCUT2D eigenvalue weighted by Gasteiger charge is -2.12. The van der Waals surface area contributed by atoms with Gasteiger partial charge in [0.1, 0.15) is 11.6 Å². The number of carbonyl (C=O) groups is 3. The van der Waals surface area contributed by atoms with Crippen molar-refractivity contribution in [1.82, 2.24) is 9.47 Å². The van der Waals surface area contributed by atoms with E-state index in [1.54, 1.807) is 30.3 Å². The van der Waals surface area contributed by atoms with Gasteiger partial charge >= 0.3 is 5.97 Å². The van der Waals surface area contributed by atoms with E-state index in [9.17, 15) is 18.8 Å². The predicted molar refractivity (Wildman–Crippen MR) is 129 cm³/mol. The quantitative estimate of drug-likeness (QED) is 0.264. The zero-order valence-electron chi connectivity index (χ0n) is 18.6. The first-order valence-corrected chi connectivity index (χ1v) is 11.5. The van der Waals surface area contributed by atoms with Crippen LogP contribution in [0.4, 0.5) is 9.18 Å². The number of rotatable bonds is 6. The van der Waals surface area contributed by atoms with Crippen molar-refractivity contribution in [1.29, 1.82) is 0 Å². The SMILES string of the molecule is COC(=O)c1ccc(Cn2cc(/C=C3\SC(=O)N(Cc4ccc(F)cc4)C3=O)c3ccccc32)o1. The molecule has 5 rings (SSSR count). The van der Waals surface area contributed by atoms with Crippen molar-refractivity contribution < 1.29 is 27.9 Å². The normalized spacial score (nSPS) is 14.9. The average molecular weight is 491 g/mol. The Balaban J connectivity index is 1.43. The summed E-state index contributed by atoms with van der Waals surface area (Å²) >= 11 is 0.875. The van der Waals surface area contributed by atoms with Crippen LogP contribution in [-0.4, -0.2) is 33.7 Å². The number of hydrogen-bond acceptors (Lipinski definition) is 6. The standard InChI is InChI=1S/C26H19FN2O5S/c1-33-25(31)22-11-10-19(34-22)15-28-14-17(20-4-2-3-5-21(20)28)12-23-24(30)29(26(32)35-23)13-16-6-8-18(27)9-7-16/h2-12,14H,13,15H2,1H3/b23-12-. The molecular weight excluding hydrogens is 471 g/mol. The van der Waals surface area contributed by atoms with Gasteiger partial charge in [-0.1, -0.05) is 30.3 Å². The van der Waals surface area contributed by atoms with E-state index in [2.05, 4.69) is 4.74 Å². The molecule has 7 nitrogen and oxygen atoms in total. The Morgan fingerprint density at radius 1 is 1.06 bits per heavy atom. The Kier molecular flexibility index (Phi) is 6.00. The number of halogens is 1. The number of nitrogens with zero attached hydrogens (tertiary/aromatic N) is 2. The van der Waals surface area contributed by atoms with Crippen molar-refractivity contribution in [3.8, 4) is 0 Å². The molecule has 0 N–H and O–H groups in total. The second kappa shape index (κ2) is 9.27. The van der Waals surface area contributed by atoms with Crippen molar-refractivity contribution >= 4 is 45.9 Å². The van der Waals surface area contributed by atoms with Gasteiger partial charge in [0.2, 0.25) is 5.76 Å². The molecule has 35 heavy (non-hydrogen) atoms. The second-order valence-corrected chi connectivity index (χ2v) is 8.87. The fourth-order valence-corrected chi connectivity index (χ4v) is 4.74. The zero-order valence-corrected chi connectivity index (χ0v) is 19.4. The van der Waals surface area contributed by atoms with E-state index < -0.39 is 11.9 Å². The molecule has 0 bridgehead atoms. The molecule has 9 heteroatoms. The molecule has 176 valence electrons. The molecule has 0 saturated carbocycles. The molecule has 0 unspecified atom stereocenters. The summed E-state index contributed by atoms with van der Waals surface area (Å²) < 4.78 is 25.4. The number of fused-ring (bicyclic) bond motifs is 1. The van der Waals surface area contributed by atoms with E-state index in [4.69, 9.17) is 4.42 Å². The minimum Gasteiger partial charge on any atom is -0.463 e. The van der Waals surface area contributed by atoms with Crippen LogP contribution in [-0.2, 0) is 22.6 Å². The first-order valence-electron chi connectivity index (χ1n) is 10.7. The Morgan fingerprint density at radius 3 is 2.60 bits per heavy atom. The van der Waals surface area contributed by atoms with E-state index >= 15 is 0 Å². The molecule has 0 aliphatic carbocycles. The summed E-state index contributed by atoms with van der Waals surface area (Å²) in [6, 6.07) is 16.6. The van der Waals surface area contributed by atoms with E-state index in [1.807, 2.05) is 35.0 Å². The Hall–Kier alpha value is -4.11. The van der Waals surface area contributed by atoms with Crippen LogP contribution in [0.25, 0.3) is 17.0 Å². The zero-order chi connectivity index (χ0) is 24.5. The van der Waals surface area contributed by atoms with Gasteiger partial charge in [-0.15, -0.1) is 0 Å². The van der Waals surface area contributed by atoms with Gasteiger partial charge in [0.15, 0.2) is 0 Å². The molecule has 4 aromatic rings. The third kappa shape index (κ3) is 4.50. The number of imide groups is 1. The number of carbonyl (C=O) groups excluding carboxylic acids is 3. The van der Waals surface area contributed by atoms with E-state index in [0.717, 1.165) is 33.1 Å². The smallest absolute Gasteiger partial charge is 0.373 e. The minimum absolute atomic E-state index is 0.0745. The van der Waals surface area contributed by atoms with Crippen molar-refractivity contribution in [2.75, 3.05) is 7.11 Å². The first-order chi connectivity index (χ1) is 16.9. The maximum atomic E-state index is 13.2. The monoisotopic (exact) mass is 490 g/mol. The van der Waals surface area contributed by atoms with Crippen molar-refractivity contribution in [2.45, 2.75) is 13.1 Å². The highest BCUT2D eigenvalue weighted by Gasteiger charge is 2.35. The summed E-state index contributed by atoms with van der Waals surface area (Å²) in [5.74, 6) is -0.637. The molecule has 2 aromatic heterocycles. The number of thioether (sulfide) groups is 1. The number of furan rings is 1. The molecule has 0 atom stereocenters. The third-order valence-electron chi connectivity index (χ3n) is 5.61. The van der Waals surface area contributed by atoms with Gasteiger partial charge in [0.05, 0.1) is 25.1 Å². The summed E-state index contributed by atoms with van der Waals surface area (Å²) in [5, 5.41) is 0.526. The Labute approximate surface area is 203 Å². The van der Waals surface area contributed by atoms with Crippen molar-refractivity contribution in [2.24, 2.45) is 0 Å². The summed E-state index contributed by atoms with van der Waals surface area (Å²) in [4.78, 5) is 38.7. The van der Waals surface area contributed by atoms with Crippen molar-refractivity contribution in [3.05, 3.63) is 100 Å². The molecule has 3 heterocycles.